The minimum absolute atomic E-state index is 0. The van der Waals surface area contributed by atoms with Gasteiger partial charge in [0, 0.05) is 6.04 Å². The lowest BCUT2D eigenvalue weighted by molar-refractivity contribution is 0.569. The topological polar surface area (TPSA) is 26.0 Å². The van der Waals surface area contributed by atoms with Gasteiger partial charge in [0.05, 0.1) is 0 Å². The molecule has 2 rings (SSSR count). The van der Waals surface area contributed by atoms with E-state index in [2.05, 4.69) is 25.1 Å². The number of halogens is 1. The van der Waals surface area contributed by atoms with E-state index in [1.165, 1.54) is 29.5 Å². The molecule has 0 spiro atoms. The third kappa shape index (κ3) is 2.10. The maximum Gasteiger partial charge on any atom is 0.0297 e. The molecule has 1 atom stereocenters. The first kappa shape index (κ1) is 11.5. The molecule has 0 amide bonds. The van der Waals surface area contributed by atoms with Gasteiger partial charge in [0.25, 0.3) is 0 Å². The van der Waals surface area contributed by atoms with Crippen molar-refractivity contribution in [3.63, 3.8) is 0 Å². The first-order chi connectivity index (χ1) is 6.31. The molecule has 0 saturated carbocycles. The predicted molar refractivity (Wildman–Crippen MR) is 62.9 cm³/mol. The lowest BCUT2D eigenvalue weighted by atomic mass is 9.87. The normalized spacial score (nSPS) is 19.7. The Kier molecular flexibility index (Phi) is 3.97. The molecular weight excluding hydrogens is 194 g/mol. The highest BCUT2D eigenvalue weighted by Crippen LogP contribution is 2.28. The zero-order chi connectivity index (χ0) is 9.26. The zero-order valence-corrected chi connectivity index (χ0v) is 9.44. The molecule has 0 unspecified atom stereocenters. The van der Waals surface area contributed by atoms with Crippen molar-refractivity contribution in [3.05, 3.63) is 34.9 Å². The van der Waals surface area contributed by atoms with E-state index in [4.69, 9.17) is 5.73 Å². The van der Waals surface area contributed by atoms with Crippen LogP contribution in [0.2, 0.25) is 0 Å². The minimum Gasteiger partial charge on any atom is -0.324 e. The van der Waals surface area contributed by atoms with Crippen molar-refractivity contribution in [2.45, 2.75) is 38.6 Å². The van der Waals surface area contributed by atoms with Crippen molar-refractivity contribution in [2.24, 2.45) is 5.73 Å². The maximum atomic E-state index is 6.07. The molecule has 1 aliphatic rings. The third-order valence-electron chi connectivity index (χ3n) is 2.98. The summed E-state index contributed by atoms with van der Waals surface area (Å²) in [6.07, 6.45) is 4.73. The van der Waals surface area contributed by atoms with Gasteiger partial charge in [0.15, 0.2) is 0 Å². The Balaban J connectivity index is 0.000000980. The monoisotopic (exact) mass is 211 g/mol. The summed E-state index contributed by atoms with van der Waals surface area (Å²) in [6.45, 7) is 2.19. The number of hydrogen-bond acceptors (Lipinski definition) is 1. The van der Waals surface area contributed by atoms with Crippen LogP contribution in [0.4, 0.5) is 0 Å². The predicted octanol–water partition coefficient (Wildman–Crippen LogP) is 3.01. The smallest absolute Gasteiger partial charge is 0.0297 e. The van der Waals surface area contributed by atoms with E-state index in [1.54, 1.807) is 0 Å². The molecule has 2 N–H and O–H groups in total. The molecule has 0 heterocycles. The quantitative estimate of drug-likeness (QED) is 0.760. The Morgan fingerprint density at radius 1 is 1.43 bits per heavy atom. The molecule has 1 nitrogen and oxygen atoms in total. The van der Waals surface area contributed by atoms with Gasteiger partial charge >= 0.3 is 0 Å². The molecule has 0 bridgehead atoms. The van der Waals surface area contributed by atoms with Crippen LogP contribution in [0.1, 0.15) is 42.5 Å². The Bertz CT molecular complexity index is 309. The second-order valence-corrected chi connectivity index (χ2v) is 3.89. The Labute approximate surface area is 92.1 Å². The fraction of sp³-hybridized carbons (Fsp3) is 0.500. The third-order valence-corrected chi connectivity index (χ3v) is 2.98. The lowest BCUT2D eigenvalue weighted by Gasteiger charge is -2.22. The van der Waals surface area contributed by atoms with Crippen LogP contribution in [0.5, 0.6) is 0 Å². The van der Waals surface area contributed by atoms with Crippen molar-refractivity contribution < 1.29 is 0 Å². The van der Waals surface area contributed by atoms with Gasteiger partial charge in [-0.3, -0.25) is 0 Å². The number of fused-ring (bicyclic) bond motifs is 1. The highest BCUT2D eigenvalue weighted by atomic mass is 35.5. The fourth-order valence-corrected chi connectivity index (χ4v) is 2.11. The van der Waals surface area contributed by atoms with Gasteiger partial charge < -0.3 is 5.73 Å². The highest BCUT2D eigenvalue weighted by Gasteiger charge is 2.16. The number of rotatable bonds is 1. The molecule has 0 aromatic heterocycles. The molecule has 2 heteroatoms. The SMILES string of the molecule is CCc1ccc2c(c1)[C@@H](N)CCC2.Cl. The summed E-state index contributed by atoms with van der Waals surface area (Å²) in [7, 11) is 0. The van der Waals surface area contributed by atoms with Crippen LogP contribution in [0.15, 0.2) is 18.2 Å². The van der Waals surface area contributed by atoms with E-state index in [1.807, 2.05) is 0 Å². The lowest BCUT2D eigenvalue weighted by Crippen LogP contribution is -2.17. The summed E-state index contributed by atoms with van der Waals surface area (Å²) in [5.41, 5.74) is 10.3. The van der Waals surface area contributed by atoms with Gasteiger partial charge in [-0.05, 0) is 42.4 Å². The van der Waals surface area contributed by atoms with Crippen molar-refractivity contribution in [3.8, 4) is 0 Å². The summed E-state index contributed by atoms with van der Waals surface area (Å²) >= 11 is 0. The van der Waals surface area contributed by atoms with Crippen LogP contribution in [0, 0.1) is 0 Å². The van der Waals surface area contributed by atoms with Gasteiger partial charge in [-0.1, -0.05) is 25.1 Å². The van der Waals surface area contributed by atoms with Gasteiger partial charge in [-0.15, -0.1) is 12.4 Å². The van der Waals surface area contributed by atoms with Crippen molar-refractivity contribution in [1.29, 1.82) is 0 Å². The van der Waals surface area contributed by atoms with Crippen LogP contribution in [-0.2, 0) is 12.8 Å². The molecule has 14 heavy (non-hydrogen) atoms. The largest absolute Gasteiger partial charge is 0.324 e. The Morgan fingerprint density at radius 2 is 2.21 bits per heavy atom. The van der Waals surface area contributed by atoms with Gasteiger partial charge in [0.2, 0.25) is 0 Å². The van der Waals surface area contributed by atoms with Crippen LogP contribution in [0.3, 0.4) is 0 Å². The summed E-state index contributed by atoms with van der Waals surface area (Å²) in [5.74, 6) is 0. The summed E-state index contributed by atoms with van der Waals surface area (Å²) in [4.78, 5) is 0. The van der Waals surface area contributed by atoms with E-state index >= 15 is 0 Å². The van der Waals surface area contributed by atoms with Crippen LogP contribution < -0.4 is 5.73 Å². The minimum atomic E-state index is 0. The van der Waals surface area contributed by atoms with E-state index in [-0.39, 0.29) is 18.4 Å². The van der Waals surface area contributed by atoms with Gasteiger partial charge in [-0.25, -0.2) is 0 Å². The molecular formula is C12H18ClN. The molecule has 1 aliphatic carbocycles. The number of nitrogens with two attached hydrogens (primary N) is 1. The zero-order valence-electron chi connectivity index (χ0n) is 8.62. The van der Waals surface area contributed by atoms with E-state index < -0.39 is 0 Å². The summed E-state index contributed by atoms with van der Waals surface area (Å²) in [5, 5.41) is 0. The first-order valence-corrected chi connectivity index (χ1v) is 5.18. The average Bonchev–Trinajstić information content (AvgIpc) is 2.18. The number of aryl methyl sites for hydroxylation is 2. The van der Waals surface area contributed by atoms with E-state index in [0.29, 0.717) is 0 Å². The van der Waals surface area contributed by atoms with Gasteiger partial charge in [0.1, 0.15) is 0 Å². The van der Waals surface area contributed by atoms with Crippen molar-refractivity contribution in [1.82, 2.24) is 0 Å². The molecule has 0 saturated heterocycles. The van der Waals surface area contributed by atoms with Gasteiger partial charge in [-0.2, -0.15) is 0 Å². The molecule has 0 fully saturated rings. The molecule has 1 aromatic rings. The fourth-order valence-electron chi connectivity index (χ4n) is 2.11. The molecule has 0 radical (unpaired) electrons. The first-order valence-electron chi connectivity index (χ1n) is 5.18. The summed E-state index contributed by atoms with van der Waals surface area (Å²) < 4.78 is 0. The highest BCUT2D eigenvalue weighted by molar-refractivity contribution is 5.85. The molecule has 1 aromatic carbocycles. The summed E-state index contributed by atoms with van der Waals surface area (Å²) in [6, 6.07) is 7.07. The Morgan fingerprint density at radius 3 is 2.93 bits per heavy atom. The maximum absolute atomic E-state index is 6.07. The average molecular weight is 212 g/mol. The van der Waals surface area contributed by atoms with Crippen LogP contribution in [-0.4, -0.2) is 0 Å². The van der Waals surface area contributed by atoms with Crippen LogP contribution in [0.25, 0.3) is 0 Å². The second-order valence-electron chi connectivity index (χ2n) is 3.89. The van der Waals surface area contributed by atoms with E-state index in [0.717, 1.165) is 12.8 Å². The number of benzene rings is 1. The molecule has 0 aliphatic heterocycles. The second kappa shape index (κ2) is 4.81. The van der Waals surface area contributed by atoms with E-state index in [9.17, 15) is 0 Å². The van der Waals surface area contributed by atoms with Crippen molar-refractivity contribution >= 4 is 12.4 Å². The Hall–Kier alpha value is -0.530. The van der Waals surface area contributed by atoms with Crippen LogP contribution >= 0.6 is 12.4 Å². The standard InChI is InChI=1S/C12H17N.ClH/c1-2-9-6-7-10-4-3-5-12(13)11(10)8-9;/h6-8,12H,2-5,13H2,1H3;1H/t12-;/m0./s1. The number of hydrogen-bond donors (Lipinski definition) is 1. The molecule has 78 valence electrons. The van der Waals surface area contributed by atoms with Crippen molar-refractivity contribution in [2.75, 3.05) is 0 Å².